The molecule has 1 amide bonds. The van der Waals surface area contributed by atoms with E-state index in [9.17, 15) is 13.2 Å². The first-order valence-electron chi connectivity index (χ1n) is 12.6. The minimum Gasteiger partial charge on any atom is -0.350 e. The lowest BCUT2D eigenvalue weighted by molar-refractivity contribution is -0.119. The molecular weight excluding hydrogens is 470 g/mol. The zero-order valence-electron chi connectivity index (χ0n) is 21.1. The molecule has 7 heteroatoms. The lowest BCUT2D eigenvalue weighted by atomic mass is 10.0. The molecule has 1 aliphatic rings. The summed E-state index contributed by atoms with van der Waals surface area (Å²) in [7, 11) is -3.92. The van der Waals surface area contributed by atoms with Crippen LogP contribution in [0.5, 0.6) is 0 Å². The SMILES string of the molecule is CC(C)c1ccc(N(CC(=O)NCc2ccccc2CN2CCCC2)S(=O)(=O)c2ccccc2)cc1. The van der Waals surface area contributed by atoms with E-state index < -0.39 is 10.0 Å². The van der Waals surface area contributed by atoms with Crippen molar-refractivity contribution in [3.8, 4) is 0 Å². The number of hydrogen-bond acceptors (Lipinski definition) is 4. The van der Waals surface area contributed by atoms with Crippen molar-refractivity contribution in [2.75, 3.05) is 23.9 Å². The van der Waals surface area contributed by atoms with Gasteiger partial charge in [-0.25, -0.2) is 8.42 Å². The van der Waals surface area contributed by atoms with Gasteiger partial charge < -0.3 is 5.32 Å². The zero-order chi connectivity index (χ0) is 25.5. The van der Waals surface area contributed by atoms with Gasteiger partial charge in [-0.05, 0) is 72.8 Å². The Morgan fingerprint density at radius 2 is 1.50 bits per heavy atom. The van der Waals surface area contributed by atoms with Crippen molar-refractivity contribution in [2.45, 2.75) is 50.6 Å². The second kappa shape index (κ2) is 11.7. The first-order chi connectivity index (χ1) is 17.3. The van der Waals surface area contributed by atoms with E-state index in [-0.39, 0.29) is 17.3 Å². The third kappa shape index (κ3) is 6.33. The molecule has 1 saturated heterocycles. The van der Waals surface area contributed by atoms with Gasteiger partial charge in [0.15, 0.2) is 0 Å². The van der Waals surface area contributed by atoms with Crippen LogP contribution in [0.3, 0.4) is 0 Å². The van der Waals surface area contributed by atoms with E-state index in [0.29, 0.717) is 18.2 Å². The quantitative estimate of drug-likeness (QED) is 0.425. The van der Waals surface area contributed by atoms with Crippen LogP contribution in [0, 0.1) is 0 Å². The molecule has 6 nitrogen and oxygen atoms in total. The van der Waals surface area contributed by atoms with Crippen LogP contribution in [0.4, 0.5) is 5.69 Å². The molecule has 190 valence electrons. The smallest absolute Gasteiger partial charge is 0.264 e. The van der Waals surface area contributed by atoms with Gasteiger partial charge in [0, 0.05) is 13.1 Å². The predicted octanol–water partition coefficient (Wildman–Crippen LogP) is 4.92. The van der Waals surface area contributed by atoms with E-state index in [4.69, 9.17) is 0 Å². The molecule has 0 aliphatic carbocycles. The predicted molar refractivity (Wildman–Crippen MR) is 144 cm³/mol. The van der Waals surface area contributed by atoms with Gasteiger partial charge in [0.25, 0.3) is 10.0 Å². The molecule has 0 bridgehead atoms. The third-order valence-corrected chi connectivity index (χ3v) is 8.44. The van der Waals surface area contributed by atoms with Gasteiger partial charge >= 0.3 is 0 Å². The number of rotatable bonds is 10. The number of sulfonamides is 1. The van der Waals surface area contributed by atoms with E-state index >= 15 is 0 Å². The van der Waals surface area contributed by atoms with Crippen molar-refractivity contribution in [1.29, 1.82) is 0 Å². The summed E-state index contributed by atoms with van der Waals surface area (Å²) in [4.78, 5) is 15.7. The minimum atomic E-state index is -3.92. The van der Waals surface area contributed by atoms with Crippen LogP contribution in [-0.4, -0.2) is 38.9 Å². The molecule has 36 heavy (non-hydrogen) atoms. The van der Waals surface area contributed by atoms with Crippen LogP contribution in [0.2, 0.25) is 0 Å². The van der Waals surface area contributed by atoms with Gasteiger partial charge in [0.1, 0.15) is 6.54 Å². The summed E-state index contributed by atoms with van der Waals surface area (Å²) in [6.07, 6.45) is 2.45. The maximum absolute atomic E-state index is 13.5. The molecule has 0 radical (unpaired) electrons. The highest BCUT2D eigenvalue weighted by atomic mass is 32.2. The number of nitrogens with zero attached hydrogens (tertiary/aromatic N) is 2. The van der Waals surface area contributed by atoms with Gasteiger partial charge in [-0.2, -0.15) is 0 Å². The van der Waals surface area contributed by atoms with Gasteiger partial charge in [0.05, 0.1) is 10.6 Å². The summed E-state index contributed by atoms with van der Waals surface area (Å²) in [6, 6.07) is 23.7. The number of nitrogens with one attached hydrogen (secondary N) is 1. The Morgan fingerprint density at radius 1 is 0.889 bits per heavy atom. The van der Waals surface area contributed by atoms with E-state index in [0.717, 1.165) is 30.8 Å². The molecule has 3 aromatic rings. The van der Waals surface area contributed by atoms with Gasteiger partial charge in [-0.15, -0.1) is 0 Å². The Balaban J connectivity index is 1.52. The molecule has 1 aliphatic heterocycles. The molecule has 0 spiro atoms. The van der Waals surface area contributed by atoms with Crippen LogP contribution in [0.1, 0.15) is 49.3 Å². The van der Waals surface area contributed by atoms with Crippen LogP contribution >= 0.6 is 0 Å². The van der Waals surface area contributed by atoms with Crippen molar-refractivity contribution < 1.29 is 13.2 Å². The minimum absolute atomic E-state index is 0.154. The molecule has 1 heterocycles. The highest BCUT2D eigenvalue weighted by molar-refractivity contribution is 7.92. The topological polar surface area (TPSA) is 69.7 Å². The maximum atomic E-state index is 13.5. The van der Waals surface area contributed by atoms with Crippen LogP contribution in [-0.2, 0) is 27.9 Å². The Labute approximate surface area is 215 Å². The van der Waals surface area contributed by atoms with Gasteiger partial charge in [-0.1, -0.05) is 68.4 Å². The summed E-state index contributed by atoms with van der Waals surface area (Å²) in [6.45, 7) is 7.29. The number of carbonyl (C=O) groups excluding carboxylic acids is 1. The van der Waals surface area contributed by atoms with Crippen molar-refractivity contribution in [2.24, 2.45) is 0 Å². The molecule has 0 aromatic heterocycles. The fourth-order valence-corrected chi connectivity index (χ4v) is 5.95. The largest absolute Gasteiger partial charge is 0.350 e. The Hall–Kier alpha value is -3.16. The third-order valence-electron chi connectivity index (χ3n) is 6.65. The van der Waals surface area contributed by atoms with Crippen molar-refractivity contribution in [3.63, 3.8) is 0 Å². The molecule has 3 aromatic carbocycles. The van der Waals surface area contributed by atoms with E-state index in [2.05, 4.69) is 30.1 Å². The Kier molecular flexibility index (Phi) is 8.44. The van der Waals surface area contributed by atoms with Gasteiger partial charge in [-0.3, -0.25) is 14.0 Å². The zero-order valence-corrected chi connectivity index (χ0v) is 21.9. The lowest BCUT2D eigenvalue weighted by Gasteiger charge is -2.25. The number of amides is 1. The Bertz CT molecular complexity index is 1250. The average molecular weight is 506 g/mol. The van der Waals surface area contributed by atoms with Crippen molar-refractivity contribution in [3.05, 3.63) is 95.6 Å². The molecule has 0 unspecified atom stereocenters. The first-order valence-corrected chi connectivity index (χ1v) is 14.0. The van der Waals surface area contributed by atoms with Crippen LogP contribution in [0.25, 0.3) is 0 Å². The number of hydrogen-bond donors (Lipinski definition) is 1. The second-order valence-electron chi connectivity index (χ2n) is 9.60. The number of likely N-dealkylation sites (tertiary alicyclic amines) is 1. The normalized spacial score (nSPS) is 14.2. The fraction of sp³-hybridized carbons (Fsp3) is 0.345. The summed E-state index contributed by atoms with van der Waals surface area (Å²) < 4.78 is 28.3. The highest BCUT2D eigenvalue weighted by Crippen LogP contribution is 2.26. The Morgan fingerprint density at radius 3 is 2.14 bits per heavy atom. The van der Waals surface area contributed by atoms with Crippen molar-refractivity contribution >= 4 is 21.6 Å². The van der Waals surface area contributed by atoms with Crippen LogP contribution < -0.4 is 9.62 Å². The second-order valence-corrected chi connectivity index (χ2v) is 11.5. The summed E-state index contributed by atoms with van der Waals surface area (Å²) >= 11 is 0. The summed E-state index contributed by atoms with van der Waals surface area (Å²) in [5, 5.41) is 2.95. The summed E-state index contributed by atoms with van der Waals surface area (Å²) in [5.41, 5.74) is 3.82. The average Bonchev–Trinajstić information content (AvgIpc) is 3.40. The van der Waals surface area contributed by atoms with Crippen molar-refractivity contribution in [1.82, 2.24) is 10.2 Å². The molecule has 0 saturated carbocycles. The number of anilines is 1. The number of benzene rings is 3. The highest BCUT2D eigenvalue weighted by Gasteiger charge is 2.27. The maximum Gasteiger partial charge on any atom is 0.264 e. The van der Waals surface area contributed by atoms with E-state index in [1.807, 2.05) is 30.3 Å². The molecule has 1 fully saturated rings. The summed E-state index contributed by atoms with van der Waals surface area (Å²) in [5.74, 6) is -0.0272. The molecule has 1 N–H and O–H groups in total. The lowest BCUT2D eigenvalue weighted by Crippen LogP contribution is -2.40. The first kappa shape index (κ1) is 25.9. The van der Waals surface area contributed by atoms with Crippen LogP contribution in [0.15, 0.2) is 83.8 Å². The van der Waals surface area contributed by atoms with Gasteiger partial charge in [0.2, 0.25) is 5.91 Å². The van der Waals surface area contributed by atoms with E-state index in [1.165, 1.54) is 22.7 Å². The standard InChI is InChI=1S/C29H35N3O3S/c1-23(2)24-14-16-27(17-15-24)32(36(34,35)28-12-4-3-5-13-28)22-29(33)30-20-25-10-6-7-11-26(25)21-31-18-8-9-19-31/h3-7,10-17,23H,8-9,18-22H2,1-2H3,(H,30,33). The monoisotopic (exact) mass is 505 g/mol. The number of carbonyl (C=O) groups is 1. The fourth-order valence-electron chi connectivity index (χ4n) is 4.51. The molecule has 0 atom stereocenters. The molecule has 4 rings (SSSR count). The molecular formula is C29H35N3O3S. The van der Waals surface area contributed by atoms with E-state index in [1.54, 1.807) is 42.5 Å².